The van der Waals surface area contributed by atoms with Gasteiger partial charge in [0, 0.05) is 43.0 Å². The molecule has 1 aromatic carbocycles. The van der Waals surface area contributed by atoms with Crippen LogP contribution in [0.4, 0.5) is 0 Å². The van der Waals surface area contributed by atoms with Gasteiger partial charge in [0.2, 0.25) is 0 Å². The lowest BCUT2D eigenvalue weighted by Gasteiger charge is -2.36. The van der Waals surface area contributed by atoms with Gasteiger partial charge in [-0.15, -0.1) is 35.7 Å². The highest BCUT2D eigenvalue weighted by molar-refractivity contribution is 14.0. The van der Waals surface area contributed by atoms with Crippen LogP contribution in [0.25, 0.3) is 0 Å². The molecule has 0 radical (unpaired) electrons. The van der Waals surface area contributed by atoms with Crippen molar-refractivity contribution in [3.05, 3.63) is 29.3 Å². The van der Waals surface area contributed by atoms with E-state index in [0.717, 1.165) is 45.1 Å². The Hall–Kier alpha value is -0.120. The van der Waals surface area contributed by atoms with E-state index in [1.165, 1.54) is 16.0 Å². The molecule has 0 unspecified atom stereocenters. The van der Waals surface area contributed by atoms with E-state index in [9.17, 15) is 0 Å². The Morgan fingerprint density at radius 1 is 1.24 bits per heavy atom. The van der Waals surface area contributed by atoms with Gasteiger partial charge in [-0.25, -0.2) is 0 Å². The van der Waals surface area contributed by atoms with E-state index >= 15 is 0 Å². The highest BCUT2D eigenvalue weighted by Gasteiger charge is 2.31. The van der Waals surface area contributed by atoms with E-state index < -0.39 is 0 Å². The number of guanidine groups is 1. The van der Waals surface area contributed by atoms with E-state index in [-0.39, 0.29) is 28.7 Å². The van der Waals surface area contributed by atoms with Crippen LogP contribution in [0.2, 0.25) is 0 Å². The quantitative estimate of drug-likeness (QED) is 0.271. The van der Waals surface area contributed by atoms with E-state index in [4.69, 9.17) is 4.74 Å². The van der Waals surface area contributed by atoms with E-state index in [1.54, 1.807) is 11.8 Å². The smallest absolute Gasteiger partial charge is 0.191 e. The summed E-state index contributed by atoms with van der Waals surface area (Å²) in [5.41, 5.74) is 2.61. The van der Waals surface area contributed by atoms with E-state index in [1.807, 2.05) is 18.8 Å². The Bertz CT molecular complexity index is 563. The Morgan fingerprint density at radius 2 is 1.96 bits per heavy atom. The summed E-state index contributed by atoms with van der Waals surface area (Å²) < 4.78 is 5.77. The first-order valence-corrected chi connectivity index (χ1v) is 10.8. The SMILES string of the molecule is CN=C(NCc1ccc(C)cc1SC)NCC1(SC)CCOCC1.I. The number of aryl methyl sites for hydroxylation is 1. The van der Waals surface area contributed by atoms with Crippen molar-refractivity contribution in [2.75, 3.05) is 39.3 Å². The van der Waals surface area contributed by atoms with Gasteiger partial charge in [-0.3, -0.25) is 4.99 Å². The minimum absolute atomic E-state index is 0. The minimum Gasteiger partial charge on any atom is -0.381 e. The van der Waals surface area contributed by atoms with Crippen LogP contribution in [0.15, 0.2) is 28.1 Å². The number of aliphatic imine (C=N–C) groups is 1. The lowest BCUT2D eigenvalue weighted by atomic mass is 9.99. The largest absolute Gasteiger partial charge is 0.381 e. The second-order valence-electron chi connectivity index (χ2n) is 6.09. The number of ether oxygens (including phenoxy) is 1. The van der Waals surface area contributed by atoms with Gasteiger partial charge in [-0.2, -0.15) is 11.8 Å². The maximum Gasteiger partial charge on any atom is 0.191 e. The van der Waals surface area contributed by atoms with Crippen LogP contribution in [0.5, 0.6) is 0 Å². The second kappa shape index (κ2) is 11.6. The molecule has 142 valence electrons. The van der Waals surface area contributed by atoms with Crippen molar-refractivity contribution < 1.29 is 4.74 Å². The third-order valence-electron chi connectivity index (χ3n) is 4.53. The van der Waals surface area contributed by atoms with Gasteiger partial charge in [0.1, 0.15) is 0 Å². The number of nitrogens with one attached hydrogen (secondary N) is 2. The normalized spacial score (nSPS) is 16.9. The highest BCUT2D eigenvalue weighted by atomic mass is 127. The molecule has 0 aromatic heterocycles. The summed E-state index contributed by atoms with van der Waals surface area (Å²) >= 11 is 3.73. The van der Waals surface area contributed by atoms with Crippen molar-refractivity contribution in [1.82, 2.24) is 10.6 Å². The third-order valence-corrected chi connectivity index (χ3v) is 6.77. The maximum absolute atomic E-state index is 5.51. The molecule has 4 nitrogen and oxygen atoms in total. The summed E-state index contributed by atoms with van der Waals surface area (Å²) in [5, 5.41) is 6.95. The topological polar surface area (TPSA) is 45.7 Å². The molecule has 1 heterocycles. The molecule has 2 N–H and O–H groups in total. The van der Waals surface area contributed by atoms with Crippen molar-refractivity contribution in [1.29, 1.82) is 0 Å². The number of benzene rings is 1. The average molecular weight is 495 g/mol. The molecule has 0 aliphatic carbocycles. The predicted octanol–water partition coefficient (Wildman–Crippen LogP) is 3.91. The molecule has 0 amide bonds. The first-order valence-electron chi connectivity index (χ1n) is 8.33. The first-order chi connectivity index (χ1) is 11.6. The lowest BCUT2D eigenvalue weighted by Crippen LogP contribution is -2.47. The van der Waals surface area contributed by atoms with Gasteiger partial charge in [0.05, 0.1) is 0 Å². The van der Waals surface area contributed by atoms with Crippen LogP contribution in [-0.2, 0) is 11.3 Å². The number of hydrogen-bond donors (Lipinski definition) is 2. The highest BCUT2D eigenvalue weighted by Crippen LogP contribution is 2.32. The van der Waals surface area contributed by atoms with Crippen molar-refractivity contribution in [3.63, 3.8) is 0 Å². The van der Waals surface area contributed by atoms with Crippen LogP contribution in [0.3, 0.4) is 0 Å². The number of thioether (sulfide) groups is 2. The predicted molar refractivity (Wildman–Crippen MR) is 123 cm³/mol. The molecular weight excluding hydrogens is 465 g/mol. The summed E-state index contributed by atoms with van der Waals surface area (Å²) in [6.07, 6.45) is 6.50. The molecule has 7 heteroatoms. The summed E-state index contributed by atoms with van der Waals surface area (Å²) in [6, 6.07) is 6.60. The zero-order valence-corrected chi connectivity index (χ0v) is 19.5. The fraction of sp³-hybridized carbons (Fsp3) is 0.611. The monoisotopic (exact) mass is 495 g/mol. The van der Waals surface area contributed by atoms with Gasteiger partial charge in [-0.05, 0) is 49.5 Å². The Morgan fingerprint density at radius 3 is 2.56 bits per heavy atom. The molecule has 2 rings (SSSR count). The van der Waals surface area contributed by atoms with Crippen molar-refractivity contribution in [3.8, 4) is 0 Å². The summed E-state index contributed by atoms with van der Waals surface area (Å²) in [6.45, 7) is 5.54. The van der Waals surface area contributed by atoms with Crippen LogP contribution < -0.4 is 10.6 Å². The Labute approximate surface area is 177 Å². The zero-order chi connectivity index (χ0) is 17.4. The molecule has 1 fully saturated rings. The number of halogens is 1. The molecule has 25 heavy (non-hydrogen) atoms. The second-order valence-corrected chi connectivity index (χ2v) is 8.22. The van der Waals surface area contributed by atoms with Crippen LogP contribution in [0, 0.1) is 6.92 Å². The number of rotatable bonds is 6. The fourth-order valence-corrected chi connectivity index (χ4v) is 4.34. The maximum atomic E-state index is 5.51. The van der Waals surface area contributed by atoms with Gasteiger partial charge in [-0.1, -0.05) is 12.1 Å². The fourth-order valence-electron chi connectivity index (χ4n) is 2.84. The van der Waals surface area contributed by atoms with Crippen molar-refractivity contribution >= 4 is 53.5 Å². The lowest BCUT2D eigenvalue weighted by molar-refractivity contribution is 0.0783. The van der Waals surface area contributed by atoms with Gasteiger partial charge in [0.25, 0.3) is 0 Å². The standard InChI is InChI=1S/C18H29N3OS2.HI/c1-14-5-6-15(16(11-14)23-3)12-20-17(19-2)21-13-18(24-4)7-9-22-10-8-18;/h5-6,11H,7-10,12-13H2,1-4H3,(H2,19,20,21);1H. The summed E-state index contributed by atoms with van der Waals surface area (Å²) in [4.78, 5) is 5.70. The molecule has 1 aliphatic heterocycles. The van der Waals surface area contributed by atoms with Gasteiger partial charge in [0.15, 0.2) is 5.96 Å². The van der Waals surface area contributed by atoms with Gasteiger partial charge >= 0.3 is 0 Å². The average Bonchev–Trinajstić information content (AvgIpc) is 2.63. The van der Waals surface area contributed by atoms with Crippen LogP contribution in [0.1, 0.15) is 24.0 Å². The van der Waals surface area contributed by atoms with Gasteiger partial charge < -0.3 is 15.4 Å². The molecule has 0 spiro atoms. The number of nitrogens with zero attached hydrogens (tertiary/aromatic N) is 1. The molecule has 1 aliphatic rings. The summed E-state index contributed by atoms with van der Waals surface area (Å²) in [7, 11) is 1.83. The van der Waals surface area contributed by atoms with Crippen molar-refractivity contribution in [2.45, 2.75) is 36.0 Å². The first kappa shape index (κ1) is 22.9. The van der Waals surface area contributed by atoms with Crippen LogP contribution in [-0.4, -0.2) is 50.0 Å². The molecule has 1 aromatic rings. The summed E-state index contributed by atoms with van der Waals surface area (Å²) in [5.74, 6) is 0.863. The molecule has 1 saturated heterocycles. The Balaban J connectivity index is 0.00000312. The molecule has 0 saturated carbocycles. The Kier molecular flexibility index (Phi) is 10.6. The van der Waals surface area contributed by atoms with E-state index in [2.05, 4.69) is 53.3 Å². The van der Waals surface area contributed by atoms with E-state index in [0.29, 0.717) is 0 Å². The molecule has 0 bridgehead atoms. The number of hydrogen-bond acceptors (Lipinski definition) is 4. The molecule has 0 atom stereocenters. The third kappa shape index (κ3) is 6.84. The van der Waals surface area contributed by atoms with Crippen molar-refractivity contribution in [2.24, 2.45) is 4.99 Å². The minimum atomic E-state index is 0. The van der Waals surface area contributed by atoms with Crippen LogP contribution >= 0.6 is 47.5 Å². The molecular formula is C18H30IN3OS2. The zero-order valence-electron chi connectivity index (χ0n) is 15.6.